The minimum absolute atomic E-state index is 0.476. The van der Waals surface area contributed by atoms with E-state index in [1.807, 2.05) is 0 Å². The topological polar surface area (TPSA) is 15.3 Å². The third-order valence-corrected chi connectivity index (χ3v) is 5.96. The monoisotopic (exact) mass is 294 g/mol. The first-order chi connectivity index (χ1) is 10.2. The molecule has 2 heteroatoms. The predicted octanol–water partition coefficient (Wildman–Crippen LogP) is 4.59. The van der Waals surface area contributed by atoms with Crippen molar-refractivity contribution in [1.29, 1.82) is 0 Å². The number of nitrogens with zero attached hydrogens (tertiary/aromatic N) is 1. The van der Waals surface area contributed by atoms with Crippen molar-refractivity contribution >= 4 is 0 Å². The van der Waals surface area contributed by atoms with E-state index in [0.717, 1.165) is 5.92 Å². The van der Waals surface area contributed by atoms with Gasteiger partial charge in [-0.2, -0.15) is 0 Å². The Kier molecular flexibility index (Phi) is 7.01. The summed E-state index contributed by atoms with van der Waals surface area (Å²) in [6.45, 7) is 11.0. The lowest BCUT2D eigenvalue weighted by Crippen LogP contribution is -2.63. The summed E-state index contributed by atoms with van der Waals surface area (Å²) in [5, 5.41) is 3.99. The maximum Gasteiger partial charge on any atom is 0.0365 e. The summed E-state index contributed by atoms with van der Waals surface area (Å²) in [7, 11) is 0. The zero-order chi connectivity index (χ0) is 15.1. The van der Waals surface area contributed by atoms with Crippen molar-refractivity contribution in [3.63, 3.8) is 0 Å². The van der Waals surface area contributed by atoms with Crippen LogP contribution < -0.4 is 5.32 Å². The number of likely N-dealkylation sites (tertiary alicyclic amines) is 1. The molecule has 1 saturated carbocycles. The standard InChI is InChI=1S/C19H38N2/c1-4-11-17(3)18(20-14-5-2)19(12-7-8-13-19)21-15-9-6-10-16-21/h17-18,20H,4-16H2,1-3H3. The molecule has 1 heterocycles. The molecule has 2 nitrogen and oxygen atoms in total. The Labute approximate surface area is 133 Å². The minimum atomic E-state index is 0.476. The van der Waals surface area contributed by atoms with E-state index in [1.54, 1.807) is 0 Å². The fourth-order valence-electron chi connectivity index (χ4n) is 4.99. The average Bonchev–Trinajstić information content (AvgIpc) is 2.99. The zero-order valence-electron chi connectivity index (χ0n) is 14.8. The molecular formula is C19H38N2. The molecule has 0 aromatic rings. The average molecular weight is 295 g/mol. The lowest BCUT2D eigenvalue weighted by molar-refractivity contribution is 0.0180. The van der Waals surface area contributed by atoms with E-state index in [9.17, 15) is 0 Å². The van der Waals surface area contributed by atoms with Crippen molar-refractivity contribution in [2.75, 3.05) is 19.6 Å². The van der Waals surface area contributed by atoms with Gasteiger partial charge in [-0.1, -0.05) is 46.5 Å². The fraction of sp³-hybridized carbons (Fsp3) is 1.00. The Bertz CT molecular complexity index is 277. The number of hydrogen-bond acceptors (Lipinski definition) is 2. The van der Waals surface area contributed by atoms with Crippen molar-refractivity contribution in [2.24, 2.45) is 5.92 Å². The first kappa shape index (κ1) is 17.3. The summed E-state index contributed by atoms with van der Waals surface area (Å²) in [4.78, 5) is 2.91. The Balaban J connectivity index is 2.17. The van der Waals surface area contributed by atoms with Crippen LogP contribution in [0.15, 0.2) is 0 Å². The maximum atomic E-state index is 3.99. The highest BCUT2D eigenvalue weighted by molar-refractivity contribution is 5.05. The molecule has 0 radical (unpaired) electrons. The van der Waals surface area contributed by atoms with Crippen LogP contribution in [0, 0.1) is 5.92 Å². The molecule has 1 aliphatic heterocycles. The quantitative estimate of drug-likeness (QED) is 0.704. The van der Waals surface area contributed by atoms with Crippen LogP contribution in [0.5, 0.6) is 0 Å². The van der Waals surface area contributed by atoms with E-state index in [2.05, 4.69) is 31.0 Å². The van der Waals surface area contributed by atoms with E-state index in [4.69, 9.17) is 0 Å². The third-order valence-electron chi connectivity index (χ3n) is 5.96. The summed E-state index contributed by atoms with van der Waals surface area (Å²) >= 11 is 0. The van der Waals surface area contributed by atoms with Gasteiger partial charge in [-0.05, 0) is 64.1 Å². The molecule has 2 unspecified atom stereocenters. The van der Waals surface area contributed by atoms with Gasteiger partial charge in [0, 0.05) is 11.6 Å². The minimum Gasteiger partial charge on any atom is -0.312 e. The van der Waals surface area contributed by atoms with Gasteiger partial charge in [0.2, 0.25) is 0 Å². The second-order valence-electron chi connectivity index (χ2n) is 7.56. The molecule has 0 bridgehead atoms. The number of piperidine rings is 1. The molecule has 1 saturated heterocycles. The van der Waals surface area contributed by atoms with Crippen LogP contribution in [0.4, 0.5) is 0 Å². The van der Waals surface area contributed by atoms with Gasteiger partial charge in [0.05, 0.1) is 0 Å². The Morgan fingerprint density at radius 1 is 0.952 bits per heavy atom. The van der Waals surface area contributed by atoms with Crippen LogP contribution in [0.25, 0.3) is 0 Å². The number of nitrogens with one attached hydrogen (secondary N) is 1. The first-order valence-electron chi connectivity index (χ1n) is 9.73. The van der Waals surface area contributed by atoms with Crippen LogP contribution in [-0.2, 0) is 0 Å². The van der Waals surface area contributed by atoms with Crippen molar-refractivity contribution in [2.45, 2.75) is 96.6 Å². The van der Waals surface area contributed by atoms with Crippen molar-refractivity contribution < 1.29 is 0 Å². The zero-order valence-corrected chi connectivity index (χ0v) is 14.8. The number of hydrogen-bond donors (Lipinski definition) is 1. The molecule has 2 fully saturated rings. The molecule has 1 N–H and O–H groups in total. The van der Waals surface area contributed by atoms with Gasteiger partial charge in [0.1, 0.15) is 0 Å². The molecule has 124 valence electrons. The van der Waals surface area contributed by atoms with Gasteiger partial charge in [0.25, 0.3) is 0 Å². The highest BCUT2D eigenvalue weighted by Gasteiger charge is 2.47. The van der Waals surface area contributed by atoms with Gasteiger partial charge >= 0.3 is 0 Å². The van der Waals surface area contributed by atoms with E-state index in [-0.39, 0.29) is 0 Å². The third kappa shape index (κ3) is 4.01. The lowest BCUT2D eigenvalue weighted by Gasteiger charge is -2.51. The molecule has 0 aromatic carbocycles. The van der Waals surface area contributed by atoms with Crippen molar-refractivity contribution in [3.8, 4) is 0 Å². The largest absolute Gasteiger partial charge is 0.312 e. The Hall–Kier alpha value is -0.0800. The highest BCUT2D eigenvalue weighted by Crippen LogP contribution is 2.42. The lowest BCUT2D eigenvalue weighted by atomic mass is 9.77. The van der Waals surface area contributed by atoms with E-state index in [0.29, 0.717) is 11.6 Å². The Morgan fingerprint density at radius 3 is 2.19 bits per heavy atom. The van der Waals surface area contributed by atoms with Gasteiger partial charge < -0.3 is 5.32 Å². The van der Waals surface area contributed by atoms with Gasteiger partial charge in [-0.3, -0.25) is 4.90 Å². The summed E-state index contributed by atoms with van der Waals surface area (Å²) < 4.78 is 0. The summed E-state index contributed by atoms with van der Waals surface area (Å²) in [6.07, 6.45) is 14.0. The van der Waals surface area contributed by atoms with Crippen molar-refractivity contribution in [3.05, 3.63) is 0 Å². The van der Waals surface area contributed by atoms with Gasteiger partial charge in [-0.15, -0.1) is 0 Å². The smallest absolute Gasteiger partial charge is 0.0365 e. The van der Waals surface area contributed by atoms with Crippen LogP contribution in [0.3, 0.4) is 0 Å². The number of rotatable bonds is 8. The van der Waals surface area contributed by atoms with Crippen molar-refractivity contribution in [1.82, 2.24) is 10.2 Å². The fourth-order valence-corrected chi connectivity index (χ4v) is 4.99. The van der Waals surface area contributed by atoms with Crippen LogP contribution in [-0.4, -0.2) is 36.1 Å². The molecule has 2 aliphatic rings. The molecule has 2 atom stereocenters. The second kappa shape index (κ2) is 8.53. The molecular weight excluding hydrogens is 256 g/mol. The first-order valence-corrected chi connectivity index (χ1v) is 9.73. The predicted molar refractivity (Wildman–Crippen MR) is 92.8 cm³/mol. The highest BCUT2D eigenvalue weighted by atomic mass is 15.2. The van der Waals surface area contributed by atoms with E-state index >= 15 is 0 Å². The molecule has 0 spiro atoms. The molecule has 0 amide bonds. The SMILES string of the molecule is CCCNC(C(C)CCC)C1(N2CCCCC2)CCCC1. The molecule has 0 aromatic heterocycles. The van der Waals surface area contributed by atoms with Crippen LogP contribution in [0.2, 0.25) is 0 Å². The molecule has 21 heavy (non-hydrogen) atoms. The molecule has 2 rings (SSSR count). The van der Waals surface area contributed by atoms with E-state index in [1.165, 1.54) is 83.8 Å². The normalized spacial score (nSPS) is 25.9. The van der Waals surface area contributed by atoms with E-state index < -0.39 is 0 Å². The molecule has 1 aliphatic carbocycles. The van der Waals surface area contributed by atoms with Crippen LogP contribution >= 0.6 is 0 Å². The summed E-state index contributed by atoms with van der Waals surface area (Å²) in [5.74, 6) is 0.807. The van der Waals surface area contributed by atoms with Crippen LogP contribution in [0.1, 0.15) is 85.0 Å². The summed E-state index contributed by atoms with van der Waals surface area (Å²) in [5.41, 5.74) is 0.476. The summed E-state index contributed by atoms with van der Waals surface area (Å²) in [6, 6.07) is 0.706. The maximum absolute atomic E-state index is 3.99. The second-order valence-corrected chi connectivity index (χ2v) is 7.56. The van der Waals surface area contributed by atoms with Gasteiger partial charge in [-0.25, -0.2) is 0 Å². The van der Waals surface area contributed by atoms with Gasteiger partial charge in [0.15, 0.2) is 0 Å². The Morgan fingerprint density at radius 2 is 1.62 bits per heavy atom.